The maximum atomic E-state index is 17.7. The average molecular weight is 1030 g/mol. The van der Waals surface area contributed by atoms with Crippen molar-refractivity contribution in [3.05, 3.63) is 193 Å². The smallest absolute Gasteiger partial charge is 0.331 e. The van der Waals surface area contributed by atoms with Crippen LogP contribution in [0, 0.1) is 12.1 Å². The summed E-state index contributed by atoms with van der Waals surface area (Å²) >= 11 is 0. The second-order valence-electron chi connectivity index (χ2n) is 17.3. The maximum absolute atomic E-state index is 17.7. The number of para-hydroxylation sites is 3. The van der Waals surface area contributed by atoms with E-state index in [2.05, 4.69) is 53.9 Å². The van der Waals surface area contributed by atoms with Gasteiger partial charge in [-0.15, -0.1) is 16.5 Å². The molecular weight excluding hydrogens is 978 g/mol. The first-order valence-corrected chi connectivity index (χ1v) is 20.2. The molecular formula is C55H44F2N6Pt+2. The Morgan fingerprint density at radius 1 is 0.656 bits per heavy atom. The first kappa shape index (κ1) is 32.0. The van der Waals surface area contributed by atoms with Gasteiger partial charge in [0, 0.05) is 41.9 Å². The number of benzene rings is 5. The quantitative estimate of drug-likeness (QED) is 0.118. The molecule has 0 saturated carbocycles. The molecule has 0 atom stereocenters. The zero-order valence-electron chi connectivity index (χ0n) is 45.5. The van der Waals surface area contributed by atoms with Crippen molar-refractivity contribution in [2.45, 2.75) is 58.3 Å². The van der Waals surface area contributed by atoms with Crippen molar-refractivity contribution in [1.29, 1.82) is 0 Å². The molecule has 9 aromatic rings. The molecule has 5 aromatic carbocycles. The van der Waals surface area contributed by atoms with Gasteiger partial charge in [-0.3, -0.25) is 9.97 Å². The Morgan fingerprint density at radius 3 is 1.94 bits per heavy atom. The molecule has 10 rings (SSSR count). The van der Waals surface area contributed by atoms with Crippen LogP contribution in [0.25, 0.3) is 49.9 Å². The summed E-state index contributed by atoms with van der Waals surface area (Å²) in [5.74, 6) is -3.31. The Labute approximate surface area is 400 Å². The van der Waals surface area contributed by atoms with Crippen LogP contribution in [0.3, 0.4) is 0 Å². The maximum Gasteiger partial charge on any atom is 2.00 e. The van der Waals surface area contributed by atoms with Crippen LogP contribution >= 0.6 is 0 Å². The number of fused-ring (bicyclic) bond motifs is 4. The Bertz CT molecular complexity index is 3790. The van der Waals surface area contributed by atoms with E-state index < -0.39 is 83.0 Å². The molecule has 0 spiro atoms. The Hall–Kier alpha value is -6.72. The van der Waals surface area contributed by atoms with Crippen molar-refractivity contribution < 1.29 is 43.6 Å². The van der Waals surface area contributed by atoms with Gasteiger partial charge >= 0.3 is 27.1 Å². The number of alkyl halides is 2. The van der Waals surface area contributed by atoms with E-state index in [1.54, 1.807) is 59.6 Å². The molecule has 1 aliphatic heterocycles. The number of hydrogen-bond donors (Lipinski definition) is 0. The van der Waals surface area contributed by atoms with Gasteiger partial charge in [0.2, 0.25) is 5.69 Å². The molecule has 0 fully saturated rings. The van der Waals surface area contributed by atoms with Gasteiger partial charge in [0.05, 0.1) is 24.8 Å². The third-order valence-corrected chi connectivity index (χ3v) is 11.2. The van der Waals surface area contributed by atoms with E-state index in [0.717, 1.165) is 5.56 Å². The van der Waals surface area contributed by atoms with E-state index in [1.807, 2.05) is 32.9 Å². The van der Waals surface area contributed by atoms with E-state index in [9.17, 15) is 0 Å². The molecule has 0 saturated heterocycles. The summed E-state index contributed by atoms with van der Waals surface area (Å²) in [4.78, 5) is 13.4. The fraction of sp³-hybridized carbons (Fsp3) is 0.164. The molecule has 0 radical (unpaired) electrons. The molecule has 316 valence electrons. The van der Waals surface area contributed by atoms with Crippen LogP contribution < -0.4 is 9.15 Å². The van der Waals surface area contributed by atoms with E-state index >= 15 is 8.78 Å². The molecule has 0 N–H and O–H groups in total. The monoisotopic (exact) mass is 1030 g/mol. The van der Waals surface area contributed by atoms with Crippen molar-refractivity contribution >= 4 is 50.6 Å². The molecule has 0 unspecified atom stereocenters. The predicted molar refractivity (Wildman–Crippen MR) is 250 cm³/mol. The van der Waals surface area contributed by atoms with Gasteiger partial charge in [0.1, 0.15) is 11.5 Å². The van der Waals surface area contributed by atoms with Gasteiger partial charge in [-0.2, -0.15) is 20.9 Å². The number of pyridine rings is 3. The minimum atomic E-state index is -3.81. The van der Waals surface area contributed by atoms with E-state index in [4.69, 9.17) is 13.7 Å². The molecule has 0 aliphatic carbocycles. The second kappa shape index (κ2) is 16.1. The number of halogens is 2. The molecule has 5 heterocycles. The standard InChI is InChI=1S/C55H44F2N6.Pt/c1-53(2,3)38-24-27-59-51(31-38)63-46-25-26-58-33-44(46)45-34-60-50(32-49(45)63)55(56,57)40-28-39(54(4,5)6)29-41(30-40)61-35-62(48-23-14-13-22-47(48)61)52-42(36-16-9-7-10-17-36)20-15-21-43(52)37-18-11-8-12-19-37;/h7-29,31,33-34H,1-6H3;/q;+2/i7D,8D,9D,10D,11D,12D,16D,17D,18D,19D;. The first-order valence-electron chi connectivity index (χ1n) is 25.2. The van der Waals surface area contributed by atoms with Crippen molar-refractivity contribution in [3.63, 3.8) is 0 Å². The SMILES string of the molecule is [2H]c1c([2H])c([2H])c(-c2cccc(-c3c([2H])c([2H])c([2H])c([2H])c3[2H])c2[N+]2=C=[N+](c3[c-]c(C(F)(F)c4[c-]c5c(cn4)c4cnccc4n5-c4cc(C(C)(C)C)ccn4)cc(C(C)(C)C)c3)c3ccccc32)c([2H])c1[2H].[Pt+2]. The number of nitrogens with zero attached hydrogens (tertiary/aromatic N) is 6. The second-order valence-corrected chi connectivity index (χ2v) is 17.3. The topological polar surface area (TPSA) is 49.6 Å². The summed E-state index contributed by atoms with van der Waals surface area (Å²) in [6, 6.07) is 23.5. The van der Waals surface area contributed by atoms with Crippen LogP contribution in [-0.4, -0.2) is 25.5 Å². The summed E-state index contributed by atoms with van der Waals surface area (Å²) in [5, 5.41) is 1.22. The van der Waals surface area contributed by atoms with Crippen LogP contribution in [0.5, 0.6) is 0 Å². The number of rotatable bonds is 7. The minimum absolute atomic E-state index is 0. The van der Waals surface area contributed by atoms with Gasteiger partial charge in [-0.1, -0.05) is 148 Å². The Kier molecular flexibility index (Phi) is 8.06. The van der Waals surface area contributed by atoms with Crippen molar-refractivity contribution in [2.24, 2.45) is 0 Å². The number of hydrogen-bond acceptors (Lipinski definition) is 3. The molecule has 4 aromatic heterocycles. The van der Waals surface area contributed by atoms with Crippen molar-refractivity contribution in [3.8, 4) is 28.1 Å². The van der Waals surface area contributed by atoms with Crippen LogP contribution in [0.4, 0.5) is 31.5 Å². The fourth-order valence-corrected chi connectivity index (χ4v) is 7.86. The minimum Gasteiger partial charge on any atom is -0.331 e. The summed E-state index contributed by atoms with van der Waals surface area (Å²) in [5.41, 5.74) is 0.847. The van der Waals surface area contributed by atoms with Crippen LogP contribution in [0.15, 0.2) is 158 Å². The zero-order chi connectivity index (χ0) is 52.4. The van der Waals surface area contributed by atoms with Gasteiger partial charge in [-0.25, -0.2) is 4.98 Å². The van der Waals surface area contributed by atoms with Gasteiger partial charge in [-0.05, 0) is 68.6 Å². The van der Waals surface area contributed by atoms with E-state index in [1.165, 1.54) is 39.6 Å². The average Bonchev–Trinajstić information content (AvgIpc) is 3.92. The van der Waals surface area contributed by atoms with E-state index in [0.29, 0.717) is 44.6 Å². The summed E-state index contributed by atoms with van der Waals surface area (Å²) in [6.07, 6.45) is 6.37. The van der Waals surface area contributed by atoms with Crippen LogP contribution in [0.1, 0.15) is 77.6 Å². The van der Waals surface area contributed by atoms with Crippen molar-refractivity contribution in [1.82, 2.24) is 28.7 Å². The molecule has 0 bridgehead atoms. The normalized spacial score (nSPS) is 15.0. The predicted octanol–water partition coefficient (Wildman–Crippen LogP) is 13.5. The summed E-state index contributed by atoms with van der Waals surface area (Å²) in [6.45, 7) is 11.9. The Morgan fingerprint density at radius 2 is 1.30 bits per heavy atom. The van der Waals surface area contributed by atoms with Crippen LogP contribution in [-0.2, 0) is 37.8 Å². The largest absolute Gasteiger partial charge is 2.00 e. The first-order chi connectivity index (χ1) is 34.4. The molecule has 64 heavy (non-hydrogen) atoms. The third kappa shape index (κ3) is 7.41. The summed E-state index contributed by atoms with van der Waals surface area (Å²) in [7, 11) is 0. The third-order valence-electron chi connectivity index (χ3n) is 11.2. The van der Waals surface area contributed by atoms with E-state index in [-0.39, 0.29) is 60.1 Å². The Balaban J connectivity index is 0.00000672. The van der Waals surface area contributed by atoms with Crippen LogP contribution in [0.2, 0.25) is 0 Å². The molecule has 9 heteroatoms. The molecule has 6 nitrogen and oxygen atoms in total. The summed E-state index contributed by atoms with van der Waals surface area (Å²) < 4.78 is 127. The van der Waals surface area contributed by atoms with Gasteiger partial charge in [0.15, 0.2) is 0 Å². The van der Waals surface area contributed by atoms with Crippen molar-refractivity contribution in [2.75, 3.05) is 0 Å². The fourth-order valence-electron chi connectivity index (χ4n) is 7.86. The molecule has 1 aliphatic rings. The molecule has 0 amide bonds. The zero-order valence-corrected chi connectivity index (χ0v) is 37.8. The number of aromatic nitrogens is 4. The van der Waals surface area contributed by atoms with Gasteiger partial charge < -0.3 is 4.57 Å². The van der Waals surface area contributed by atoms with Gasteiger partial charge in [0.25, 0.3) is 17.3 Å².